The maximum absolute atomic E-state index is 12.7. The monoisotopic (exact) mass is 451 g/mol. The van der Waals surface area contributed by atoms with Crippen LogP contribution in [-0.4, -0.2) is 64.8 Å². The Hall–Kier alpha value is -2.75. The van der Waals surface area contributed by atoms with Gasteiger partial charge in [0.25, 0.3) is 0 Å². The Morgan fingerprint density at radius 3 is 2.70 bits per heavy atom. The highest BCUT2D eigenvalue weighted by molar-refractivity contribution is 5.88. The van der Waals surface area contributed by atoms with Crippen LogP contribution in [0, 0.1) is 0 Å². The van der Waals surface area contributed by atoms with Gasteiger partial charge in [0.05, 0.1) is 5.69 Å². The van der Waals surface area contributed by atoms with Crippen molar-refractivity contribution in [2.75, 3.05) is 31.5 Å². The van der Waals surface area contributed by atoms with E-state index >= 15 is 0 Å². The number of aromatic nitrogens is 2. The van der Waals surface area contributed by atoms with Gasteiger partial charge >= 0.3 is 11.7 Å². The van der Waals surface area contributed by atoms with Crippen LogP contribution >= 0.6 is 0 Å². The molecular weight excluding hydrogens is 418 g/mol. The van der Waals surface area contributed by atoms with E-state index in [1.165, 1.54) is 22.1 Å². The van der Waals surface area contributed by atoms with Gasteiger partial charge in [-0.25, -0.2) is 9.59 Å². The number of rotatable bonds is 4. The highest BCUT2D eigenvalue weighted by atomic mass is 16.2. The molecule has 9 nitrogen and oxygen atoms in total. The lowest BCUT2D eigenvalue weighted by atomic mass is 9.87. The third-order valence-corrected chi connectivity index (χ3v) is 7.08. The van der Waals surface area contributed by atoms with Crippen LogP contribution in [0.25, 0.3) is 5.69 Å². The van der Waals surface area contributed by atoms with Gasteiger partial charge in [-0.05, 0) is 67.9 Å². The summed E-state index contributed by atoms with van der Waals surface area (Å²) in [6.07, 6.45) is 8.12. The predicted octanol–water partition coefficient (Wildman–Crippen LogP) is 0.996. The summed E-state index contributed by atoms with van der Waals surface area (Å²) in [5, 5.41) is 9.75. The minimum absolute atomic E-state index is 0.224. The van der Waals surface area contributed by atoms with Crippen molar-refractivity contribution in [1.29, 1.82) is 0 Å². The molecule has 5 N–H and O–H groups in total. The summed E-state index contributed by atoms with van der Waals surface area (Å²) in [4.78, 5) is 30.9. The van der Waals surface area contributed by atoms with Gasteiger partial charge in [-0.1, -0.05) is 6.07 Å². The molecule has 0 spiro atoms. The van der Waals surface area contributed by atoms with Gasteiger partial charge in [-0.2, -0.15) is 4.98 Å². The first-order chi connectivity index (χ1) is 16.0. The molecule has 176 valence electrons. The molecule has 2 aliphatic carbocycles. The van der Waals surface area contributed by atoms with Crippen LogP contribution in [0.2, 0.25) is 0 Å². The summed E-state index contributed by atoms with van der Waals surface area (Å²) in [5.41, 5.74) is 9.09. The third kappa shape index (κ3) is 5.10. The van der Waals surface area contributed by atoms with Crippen LogP contribution in [0.15, 0.2) is 35.3 Å². The number of urea groups is 1. The maximum Gasteiger partial charge on any atom is 0.354 e. The minimum Gasteiger partial charge on any atom is -0.328 e. The van der Waals surface area contributed by atoms with E-state index in [9.17, 15) is 9.59 Å². The van der Waals surface area contributed by atoms with Crippen LogP contribution in [-0.2, 0) is 12.8 Å². The van der Waals surface area contributed by atoms with E-state index in [0.29, 0.717) is 31.2 Å². The summed E-state index contributed by atoms with van der Waals surface area (Å²) in [5.74, 6) is 0.276. The van der Waals surface area contributed by atoms with Gasteiger partial charge in [0.1, 0.15) is 5.82 Å². The second-order valence-electron chi connectivity index (χ2n) is 9.46. The van der Waals surface area contributed by atoms with Gasteiger partial charge in [0, 0.05) is 50.5 Å². The number of carbonyl (C=O) groups is 1. The van der Waals surface area contributed by atoms with Gasteiger partial charge in [0.15, 0.2) is 0 Å². The Labute approximate surface area is 193 Å². The van der Waals surface area contributed by atoms with Crippen molar-refractivity contribution in [2.45, 2.75) is 56.7 Å². The number of amides is 2. The largest absolute Gasteiger partial charge is 0.354 e. The molecule has 1 saturated carbocycles. The van der Waals surface area contributed by atoms with E-state index < -0.39 is 5.69 Å². The molecule has 1 aliphatic heterocycles. The summed E-state index contributed by atoms with van der Waals surface area (Å²) >= 11 is 0. The van der Waals surface area contributed by atoms with Gasteiger partial charge < -0.3 is 21.3 Å². The SMILES string of the molecule is N[C@H]1CC[C@@H](NC2CCc3cc(-n4ccc(NC(=O)N5CCNCC5)nc4=O)ccc3C2)C1. The van der Waals surface area contributed by atoms with E-state index in [1.807, 2.05) is 6.07 Å². The number of fused-ring (bicyclic) bond motifs is 1. The lowest BCUT2D eigenvalue weighted by Crippen LogP contribution is -2.48. The number of benzene rings is 1. The Morgan fingerprint density at radius 1 is 1.09 bits per heavy atom. The zero-order chi connectivity index (χ0) is 22.8. The molecule has 33 heavy (non-hydrogen) atoms. The fraction of sp³-hybridized carbons (Fsp3) is 0.542. The molecule has 2 aromatic rings. The van der Waals surface area contributed by atoms with Crippen LogP contribution in [0.3, 0.4) is 0 Å². The maximum atomic E-state index is 12.7. The first-order valence-corrected chi connectivity index (χ1v) is 12.1. The van der Waals surface area contributed by atoms with Gasteiger partial charge in [-0.3, -0.25) is 9.88 Å². The molecule has 2 amide bonds. The minimum atomic E-state index is -0.402. The molecule has 0 bridgehead atoms. The van der Waals surface area contributed by atoms with Gasteiger partial charge in [-0.15, -0.1) is 0 Å². The molecule has 2 heterocycles. The molecule has 5 rings (SSSR count). The molecule has 1 aromatic heterocycles. The van der Waals surface area contributed by atoms with Crippen molar-refractivity contribution in [3.8, 4) is 5.69 Å². The smallest absolute Gasteiger partial charge is 0.328 e. The second-order valence-corrected chi connectivity index (χ2v) is 9.46. The Bertz CT molecular complexity index is 1060. The summed E-state index contributed by atoms with van der Waals surface area (Å²) in [6.45, 7) is 2.82. The molecule has 3 atom stereocenters. The fourth-order valence-corrected chi connectivity index (χ4v) is 5.26. The number of carbonyl (C=O) groups excluding carboxylic acids is 1. The summed E-state index contributed by atoms with van der Waals surface area (Å²) in [6, 6.07) is 9.03. The fourth-order valence-electron chi connectivity index (χ4n) is 5.26. The average Bonchev–Trinajstić information content (AvgIpc) is 3.24. The third-order valence-electron chi connectivity index (χ3n) is 7.08. The molecule has 3 aliphatic rings. The van der Waals surface area contributed by atoms with E-state index in [-0.39, 0.29) is 11.8 Å². The molecule has 1 unspecified atom stereocenters. The average molecular weight is 452 g/mol. The number of nitrogens with zero attached hydrogens (tertiary/aromatic N) is 3. The Morgan fingerprint density at radius 2 is 1.94 bits per heavy atom. The lowest BCUT2D eigenvalue weighted by molar-refractivity contribution is 0.204. The molecule has 0 radical (unpaired) electrons. The van der Waals surface area contributed by atoms with Gasteiger partial charge in [0.2, 0.25) is 0 Å². The zero-order valence-electron chi connectivity index (χ0n) is 18.9. The number of anilines is 1. The quantitative estimate of drug-likeness (QED) is 0.551. The number of hydrogen-bond acceptors (Lipinski definition) is 6. The van der Waals surface area contributed by atoms with Crippen molar-refractivity contribution in [3.05, 3.63) is 52.1 Å². The second kappa shape index (κ2) is 9.62. The molecule has 1 aromatic carbocycles. The first kappa shape index (κ1) is 22.1. The Kier molecular flexibility index (Phi) is 6.43. The van der Waals surface area contributed by atoms with E-state index in [1.54, 1.807) is 17.2 Å². The zero-order valence-corrected chi connectivity index (χ0v) is 18.9. The molecule has 1 saturated heterocycles. The topological polar surface area (TPSA) is 117 Å². The van der Waals surface area contributed by atoms with Crippen molar-refractivity contribution < 1.29 is 4.79 Å². The highest BCUT2D eigenvalue weighted by Crippen LogP contribution is 2.26. The standard InChI is InChI=1S/C24H33N7O2/c25-18-3-5-20(15-18)27-19-4-1-17-14-21(6-2-16(17)13-19)31-10-7-22(29-24(31)33)28-23(32)30-11-8-26-9-12-30/h2,6-7,10,14,18-20,26-27H,1,3-5,8-9,11-13,15,25H2,(H,28,29,32,33)/t18-,19?,20+/m0/s1. The van der Waals surface area contributed by atoms with E-state index in [2.05, 4.69) is 33.1 Å². The van der Waals surface area contributed by atoms with Crippen molar-refractivity contribution in [1.82, 2.24) is 25.1 Å². The van der Waals surface area contributed by atoms with E-state index in [4.69, 9.17) is 5.73 Å². The number of aryl methyl sites for hydroxylation is 1. The molecular formula is C24H33N7O2. The summed E-state index contributed by atoms with van der Waals surface area (Å²) < 4.78 is 1.53. The highest BCUT2D eigenvalue weighted by Gasteiger charge is 2.26. The van der Waals surface area contributed by atoms with E-state index in [0.717, 1.165) is 50.9 Å². The van der Waals surface area contributed by atoms with Crippen molar-refractivity contribution in [3.63, 3.8) is 0 Å². The van der Waals surface area contributed by atoms with Crippen LogP contribution in [0.5, 0.6) is 0 Å². The van der Waals surface area contributed by atoms with Crippen molar-refractivity contribution >= 4 is 11.8 Å². The number of nitrogens with one attached hydrogen (secondary N) is 3. The Balaban J connectivity index is 1.24. The lowest BCUT2D eigenvalue weighted by Gasteiger charge is -2.29. The predicted molar refractivity (Wildman–Crippen MR) is 128 cm³/mol. The van der Waals surface area contributed by atoms with Crippen LogP contribution in [0.4, 0.5) is 10.6 Å². The number of nitrogens with two attached hydrogens (primary N) is 1. The van der Waals surface area contributed by atoms with Crippen molar-refractivity contribution in [2.24, 2.45) is 5.73 Å². The first-order valence-electron chi connectivity index (χ1n) is 12.1. The van der Waals surface area contributed by atoms with Crippen LogP contribution < -0.4 is 27.4 Å². The normalized spacial score (nSPS) is 25.0. The number of piperazine rings is 1. The molecule has 9 heteroatoms. The number of hydrogen-bond donors (Lipinski definition) is 4. The summed E-state index contributed by atoms with van der Waals surface area (Å²) in [7, 11) is 0. The molecule has 2 fully saturated rings. The van der Waals surface area contributed by atoms with Crippen LogP contribution in [0.1, 0.15) is 36.8 Å².